The molecule has 2 amide bonds. The van der Waals surface area contributed by atoms with Gasteiger partial charge in [-0.2, -0.15) is 0 Å². The van der Waals surface area contributed by atoms with Crippen LogP contribution in [0.3, 0.4) is 0 Å². The van der Waals surface area contributed by atoms with E-state index in [1.54, 1.807) is 12.1 Å². The molecule has 1 aliphatic heterocycles. The number of amides is 2. The number of nitrogens with two attached hydrogens (primary N) is 1. The van der Waals surface area contributed by atoms with E-state index in [9.17, 15) is 9.59 Å². The van der Waals surface area contributed by atoms with Gasteiger partial charge in [-0.05, 0) is 37.1 Å². The van der Waals surface area contributed by atoms with Crippen LogP contribution in [-0.2, 0) is 9.59 Å². The van der Waals surface area contributed by atoms with Crippen LogP contribution in [-0.4, -0.2) is 42.4 Å². The van der Waals surface area contributed by atoms with Crippen LogP contribution in [0.25, 0.3) is 0 Å². The lowest BCUT2D eigenvalue weighted by atomic mass is 10.1. The van der Waals surface area contributed by atoms with Crippen molar-refractivity contribution in [2.45, 2.75) is 26.3 Å². The molecule has 1 saturated heterocycles. The number of benzene rings is 1. The van der Waals surface area contributed by atoms with E-state index in [-0.39, 0.29) is 24.4 Å². The maximum atomic E-state index is 12.2. The molecule has 0 aliphatic carbocycles. The van der Waals surface area contributed by atoms with Gasteiger partial charge < -0.3 is 16.4 Å². The van der Waals surface area contributed by atoms with Gasteiger partial charge in [0.05, 0.1) is 12.6 Å². The Kier molecular flexibility index (Phi) is 4.80. The molecule has 1 atom stereocenters. The Balaban J connectivity index is 1.99. The first-order valence-corrected chi connectivity index (χ1v) is 7.19. The number of hydrogen-bond acceptors (Lipinski definition) is 4. The Labute approximate surface area is 124 Å². The van der Waals surface area contributed by atoms with Gasteiger partial charge in [0.1, 0.15) is 0 Å². The zero-order chi connectivity index (χ0) is 15.4. The third-order valence-corrected chi connectivity index (χ3v) is 3.70. The number of nitrogens with zero attached hydrogens (tertiary/aromatic N) is 1. The Morgan fingerprint density at radius 2 is 2.29 bits per heavy atom. The molecule has 6 nitrogen and oxygen atoms in total. The van der Waals surface area contributed by atoms with Crippen LogP contribution >= 0.6 is 0 Å². The number of anilines is 2. The second-order valence-corrected chi connectivity index (χ2v) is 5.31. The standard InChI is InChI=1S/C15H22N4O2/c1-3-13-15(21)17-6-7-19(13)9-14(20)18-12-5-4-11(16)8-10(12)2/h4-5,8,13H,3,6-7,9,16H2,1-2H3,(H,17,21)(H,18,20). The van der Waals surface area contributed by atoms with Gasteiger partial charge in [0, 0.05) is 24.5 Å². The first-order valence-electron chi connectivity index (χ1n) is 7.19. The number of carbonyl (C=O) groups is 2. The fraction of sp³-hybridized carbons (Fsp3) is 0.467. The number of nitrogens with one attached hydrogen (secondary N) is 2. The van der Waals surface area contributed by atoms with E-state index in [2.05, 4.69) is 10.6 Å². The predicted molar refractivity (Wildman–Crippen MR) is 82.9 cm³/mol. The molecule has 114 valence electrons. The van der Waals surface area contributed by atoms with E-state index in [4.69, 9.17) is 5.73 Å². The highest BCUT2D eigenvalue weighted by molar-refractivity contribution is 5.94. The van der Waals surface area contributed by atoms with Crippen LogP contribution in [0.1, 0.15) is 18.9 Å². The van der Waals surface area contributed by atoms with Crippen molar-refractivity contribution in [1.82, 2.24) is 10.2 Å². The third kappa shape index (κ3) is 3.72. The number of piperazine rings is 1. The van der Waals surface area contributed by atoms with Crippen molar-refractivity contribution in [1.29, 1.82) is 0 Å². The quantitative estimate of drug-likeness (QED) is 0.713. The molecule has 1 unspecified atom stereocenters. The van der Waals surface area contributed by atoms with Crippen molar-refractivity contribution in [3.05, 3.63) is 23.8 Å². The largest absolute Gasteiger partial charge is 0.399 e. The Morgan fingerprint density at radius 1 is 1.52 bits per heavy atom. The van der Waals surface area contributed by atoms with Gasteiger partial charge in [0.2, 0.25) is 11.8 Å². The van der Waals surface area contributed by atoms with Crippen molar-refractivity contribution < 1.29 is 9.59 Å². The second kappa shape index (κ2) is 6.58. The van der Waals surface area contributed by atoms with Gasteiger partial charge in [-0.1, -0.05) is 6.92 Å². The molecule has 0 spiro atoms. The summed E-state index contributed by atoms with van der Waals surface area (Å²) < 4.78 is 0. The first kappa shape index (κ1) is 15.3. The van der Waals surface area contributed by atoms with Crippen LogP contribution < -0.4 is 16.4 Å². The summed E-state index contributed by atoms with van der Waals surface area (Å²) in [5.41, 5.74) is 8.04. The highest BCUT2D eigenvalue weighted by Crippen LogP contribution is 2.18. The van der Waals surface area contributed by atoms with Gasteiger partial charge >= 0.3 is 0 Å². The first-order chi connectivity index (χ1) is 10.0. The number of hydrogen-bond donors (Lipinski definition) is 3. The maximum Gasteiger partial charge on any atom is 0.238 e. The minimum atomic E-state index is -0.225. The molecule has 0 saturated carbocycles. The minimum Gasteiger partial charge on any atom is -0.399 e. The Hall–Kier alpha value is -2.08. The fourth-order valence-electron chi connectivity index (χ4n) is 2.60. The van der Waals surface area contributed by atoms with E-state index >= 15 is 0 Å². The van der Waals surface area contributed by atoms with E-state index < -0.39 is 0 Å². The molecule has 4 N–H and O–H groups in total. The molecule has 6 heteroatoms. The molecule has 21 heavy (non-hydrogen) atoms. The normalized spacial score (nSPS) is 19.1. The summed E-state index contributed by atoms with van der Waals surface area (Å²) in [5.74, 6) is -0.115. The Morgan fingerprint density at radius 3 is 2.95 bits per heavy atom. The lowest BCUT2D eigenvalue weighted by Gasteiger charge is -2.33. The molecular formula is C15H22N4O2. The molecule has 0 bridgehead atoms. The SMILES string of the molecule is CCC1C(=O)NCCN1CC(=O)Nc1ccc(N)cc1C. The van der Waals surface area contributed by atoms with Crippen molar-refractivity contribution in [3.8, 4) is 0 Å². The van der Waals surface area contributed by atoms with Crippen molar-refractivity contribution in [2.75, 3.05) is 30.7 Å². The minimum absolute atomic E-state index is 0.000199. The van der Waals surface area contributed by atoms with E-state index in [1.807, 2.05) is 24.8 Å². The van der Waals surface area contributed by atoms with Gasteiger partial charge in [0.25, 0.3) is 0 Å². The zero-order valence-corrected chi connectivity index (χ0v) is 12.5. The summed E-state index contributed by atoms with van der Waals surface area (Å²) in [4.78, 5) is 25.9. The molecule has 0 radical (unpaired) electrons. The summed E-state index contributed by atoms with van der Waals surface area (Å²) in [6.07, 6.45) is 0.694. The molecular weight excluding hydrogens is 268 g/mol. The molecule has 1 heterocycles. The number of rotatable bonds is 4. The van der Waals surface area contributed by atoms with Crippen LogP contribution in [0.4, 0.5) is 11.4 Å². The van der Waals surface area contributed by atoms with Crippen molar-refractivity contribution in [2.24, 2.45) is 0 Å². The Bertz CT molecular complexity index is 544. The summed E-state index contributed by atoms with van der Waals surface area (Å²) in [7, 11) is 0. The van der Waals surface area contributed by atoms with Crippen LogP contribution in [0.15, 0.2) is 18.2 Å². The van der Waals surface area contributed by atoms with Crippen LogP contribution in [0.2, 0.25) is 0 Å². The lowest BCUT2D eigenvalue weighted by molar-refractivity contribution is -0.130. The van der Waals surface area contributed by atoms with Crippen LogP contribution in [0.5, 0.6) is 0 Å². The number of carbonyl (C=O) groups excluding carboxylic acids is 2. The fourth-order valence-corrected chi connectivity index (χ4v) is 2.60. The molecule has 1 aliphatic rings. The number of nitrogen functional groups attached to an aromatic ring is 1. The smallest absolute Gasteiger partial charge is 0.238 e. The lowest BCUT2D eigenvalue weighted by Crippen LogP contribution is -2.56. The van der Waals surface area contributed by atoms with Gasteiger partial charge in [-0.25, -0.2) is 0 Å². The van der Waals surface area contributed by atoms with Gasteiger partial charge in [-0.3, -0.25) is 14.5 Å². The topological polar surface area (TPSA) is 87.5 Å². The van der Waals surface area contributed by atoms with Crippen molar-refractivity contribution >= 4 is 23.2 Å². The van der Waals surface area contributed by atoms with E-state index in [0.29, 0.717) is 25.2 Å². The zero-order valence-electron chi connectivity index (χ0n) is 12.5. The predicted octanol–water partition coefficient (Wildman–Crippen LogP) is 0.726. The maximum absolute atomic E-state index is 12.2. The second-order valence-electron chi connectivity index (χ2n) is 5.31. The summed E-state index contributed by atoms with van der Waals surface area (Å²) >= 11 is 0. The van der Waals surface area contributed by atoms with Gasteiger partial charge in [-0.15, -0.1) is 0 Å². The summed E-state index contributed by atoms with van der Waals surface area (Å²) in [5, 5.41) is 5.70. The summed E-state index contributed by atoms with van der Waals surface area (Å²) in [6.45, 7) is 5.34. The van der Waals surface area contributed by atoms with Gasteiger partial charge in [0.15, 0.2) is 0 Å². The monoisotopic (exact) mass is 290 g/mol. The molecule has 1 aromatic rings. The highest BCUT2D eigenvalue weighted by Gasteiger charge is 2.29. The molecule has 1 aromatic carbocycles. The molecule has 2 rings (SSSR count). The summed E-state index contributed by atoms with van der Waals surface area (Å²) in [6, 6.07) is 5.14. The van der Waals surface area contributed by atoms with Crippen molar-refractivity contribution in [3.63, 3.8) is 0 Å². The third-order valence-electron chi connectivity index (χ3n) is 3.70. The average Bonchev–Trinajstić information content (AvgIpc) is 2.42. The number of aryl methyl sites for hydroxylation is 1. The molecule has 1 fully saturated rings. The van der Waals surface area contributed by atoms with Crippen LogP contribution in [0, 0.1) is 6.92 Å². The average molecular weight is 290 g/mol. The highest BCUT2D eigenvalue weighted by atomic mass is 16.2. The molecule has 0 aromatic heterocycles. The van der Waals surface area contributed by atoms with E-state index in [1.165, 1.54) is 0 Å². The van der Waals surface area contributed by atoms with E-state index in [0.717, 1.165) is 11.3 Å².